The second-order valence-corrected chi connectivity index (χ2v) is 7.00. The van der Waals surface area contributed by atoms with Gasteiger partial charge in [0.25, 0.3) is 0 Å². The van der Waals surface area contributed by atoms with Crippen molar-refractivity contribution in [3.8, 4) is 5.75 Å². The molecule has 2 unspecified atom stereocenters. The third kappa shape index (κ3) is 4.20. The van der Waals surface area contributed by atoms with Gasteiger partial charge in [0.05, 0.1) is 19.3 Å². The molecule has 0 spiro atoms. The molecule has 7 heteroatoms. The van der Waals surface area contributed by atoms with Gasteiger partial charge in [0, 0.05) is 18.2 Å². The summed E-state index contributed by atoms with van der Waals surface area (Å²) in [6, 6.07) is 13.1. The highest BCUT2D eigenvalue weighted by Gasteiger charge is 2.36. The van der Waals surface area contributed by atoms with Gasteiger partial charge in [-0.1, -0.05) is 36.4 Å². The molecule has 4 rings (SSSR count). The van der Waals surface area contributed by atoms with Gasteiger partial charge in [-0.15, -0.1) is 13.2 Å². The van der Waals surface area contributed by atoms with Crippen LogP contribution < -0.4 is 4.74 Å². The Bertz CT molecular complexity index is 866. The van der Waals surface area contributed by atoms with Crippen LogP contribution in [0.25, 0.3) is 5.57 Å². The Balaban J connectivity index is 1.61. The quantitative estimate of drug-likeness (QED) is 0.698. The highest BCUT2D eigenvalue weighted by Crippen LogP contribution is 2.36. The minimum atomic E-state index is -4.81. The number of nitrogens with zero attached hydrogens (tertiary/aromatic N) is 1. The summed E-state index contributed by atoms with van der Waals surface area (Å²) in [6.45, 7) is 1.71. The van der Waals surface area contributed by atoms with E-state index >= 15 is 0 Å². The summed E-state index contributed by atoms with van der Waals surface area (Å²) in [5.41, 5.74) is 2.01. The molecule has 0 saturated carbocycles. The molecule has 0 radical (unpaired) electrons. The van der Waals surface area contributed by atoms with Crippen LogP contribution in [0, 0.1) is 5.82 Å². The summed E-state index contributed by atoms with van der Waals surface area (Å²) in [6.07, 6.45) is -2.42. The Morgan fingerprint density at radius 3 is 2.57 bits per heavy atom. The zero-order valence-electron chi connectivity index (χ0n) is 15.0. The van der Waals surface area contributed by atoms with Crippen LogP contribution in [0.3, 0.4) is 0 Å². The first kappa shape index (κ1) is 19.0. The van der Waals surface area contributed by atoms with Gasteiger partial charge >= 0.3 is 6.36 Å². The van der Waals surface area contributed by atoms with Gasteiger partial charge in [0.1, 0.15) is 11.6 Å². The summed E-state index contributed by atoms with van der Waals surface area (Å²) in [5, 5.41) is 0. The molecule has 1 saturated heterocycles. The molecular formula is C21H19F4NO2. The lowest BCUT2D eigenvalue weighted by atomic mass is 9.89. The molecule has 0 N–H and O–H groups in total. The smallest absolute Gasteiger partial charge is 0.406 e. The standard InChI is InChI=1S/C21H19F4NO2/c22-20-7-6-18(28-21(23,24)25)10-19(20)15-8-16-12-27-13-17(9-15)26(16)11-14-4-2-1-3-5-14/h1-8,10,16-17H,9,11-13H2. The van der Waals surface area contributed by atoms with Gasteiger partial charge in [0.2, 0.25) is 0 Å². The number of alkyl halides is 3. The molecule has 148 valence electrons. The van der Waals surface area contributed by atoms with Crippen LogP contribution in [-0.4, -0.2) is 36.6 Å². The molecule has 2 aliphatic heterocycles. The van der Waals surface area contributed by atoms with Gasteiger partial charge in [-0.3, -0.25) is 4.90 Å². The Labute approximate surface area is 160 Å². The van der Waals surface area contributed by atoms with Crippen LogP contribution in [-0.2, 0) is 11.3 Å². The van der Waals surface area contributed by atoms with Gasteiger partial charge in [-0.2, -0.15) is 0 Å². The molecule has 0 amide bonds. The van der Waals surface area contributed by atoms with Crippen molar-refractivity contribution in [2.45, 2.75) is 31.4 Å². The van der Waals surface area contributed by atoms with E-state index in [1.54, 1.807) is 0 Å². The molecule has 0 aliphatic carbocycles. The molecule has 2 heterocycles. The first-order valence-electron chi connectivity index (χ1n) is 9.03. The number of hydrogen-bond donors (Lipinski definition) is 0. The maximum Gasteiger partial charge on any atom is 0.573 e. The fraction of sp³-hybridized carbons (Fsp3) is 0.333. The van der Waals surface area contributed by atoms with Crippen molar-refractivity contribution in [2.24, 2.45) is 0 Å². The number of halogens is 4. The van der Waals surface area contributed by atoms with Gasteiger partial charge < -0.3 is 9.47 Å². The Kier molecular flexibility index (Phi) is 5.12. The predicted octanol–water partition coefficient (Wildman–Crippen LogP) is 4.78. The van der Waals surface area contributed by atoms with Crippen molar-refractivity contribution < 1.29 is 27.0 Å². The second-order valence-electron chi connectivity index (χ2n) is 7.00. The normalized spacial score (nSPS) is 22.6. The summed E-state index contributed by atoms with van der Waals surface area (Å²) in [7, 11) is 0. The molecule has 2 aromatic carbocycles. The zero-order chi connectivity index (χ0) is 19.7. The number of morpholine rings is 1. The minimum Gasteiger partial charge on any atom is -0.406 e. The topological polar surface area (TPSA) is 21.7 Å². The fourth-order valence-corrected chi connectivity index (χ4v) is 3.85. The summed E-state index contributed by atoms with van der Waals surface area (Å²) < 4.78 is 61.5. The van der Waals surface area contributed by atoms with Crippen molar-refractivity contribution in [3.63, 3.8) is 0 Å². The van der Waals surface area contributed by atoms with E-state index in [0.29, 0.717) is 25.2 Å². The van der Waals surface area contributed by atoms with Crippen LogP contribution in [0.15, 0.2) is 54.6 Å². The maximum atomic E-state index is 14.4. The molecular weight excluding hydrogens is 374 g/mol. The lowest BCUT2D eigenvalue weighted by Gasteiger charge is -2.45. The molecule has 0 aromatic heterocycles. The average Bonchev–Trinajstić information content (AvgIpc) is 2.63. The van der Waals surface area contributed by atoms with E-state index in [2.05, 4.69) is 9.64 Å². The van der Waals surface area contributed by atoms with Gasteiger partial charge in [0.15, 0.2) is 0 Å². The first-order valence-corrected chi connectivity index (χ1v) is 9.03. The van der Waals surface area contributed by atoms with E-state index < -0.39 is 17.9 Å². The third-order valence-corrected chi connectivity index (χ3v) is 5.07. The van der Waals surface area contributed by atoms with E-state index in [0.717, 1.165) is 24.7 Å². The van der Waals surface area contributed by atoms with Crippen LogP contribution >= 0.6 is 0 Å². The van der Waals surface area contributed by atoms with E-state index in [9.17, 15) is 17.6 Å². The highest BCUT2D eigenvalue weighted by molar-refractivity contribution is 5.69. The zero-order valence-corrected chi connectivity index (χ0v) is 15.0. The molecule has 2 aromatic rings. The highest BCUT2D eigenvalue weighted by atomic mass is 19.4. The van der Waals surface area contributed by atoms with Gasteiger partial charge in [-0.25, -0.2) is 4.39 Å². The molecule has 2 bridgehead atoms. The summed E-state index contributed by atoms with van der Waals surface area (Å²) in [4.78, 5) is 2.30. The molecule has 2 atom stereocenters. The van der Waals surface area contributed by atoms with Gasteiger partial charge in [-0.05, 0) is 35.8 Å². The summed E-state index contributed by atoms with van der Waals surface area (Å²) in [5.74, 6) is -0.978. The first-order chi connectivity index (χ1) is 13.4. The maximum absolute atomic E-state index is 14.4. The van der Waals surface area contributed by atoms with Crippen molar-refractivity contribution in [1.29, 1.82) is 0 Å². The van der Waals surface area contributed by atoms with Crippen LogP contribution in [0.5, 0.6) is 5.75 Å². The molecule has 3 nitrogen and oxygen atoms in total. The fourth-order valence-electron chi connectivity index (χ4n) is 3.85. The predicted molar refractivity (Wildman–Crippen MR) is 96.1 cm³/mol. The van der Waals surface area contributed by atoms with Crippen LogP contribution in [0.4, 0.5) is 17.6 Å². The Morgan fingerprint density at radius 2 is 1.86 bits per heavy atom. The average molecular weight is 393 g/mol. The number of benzene rings is 2. The number of rotatable bonds is 4. The van der Waals surface area contributed by atoms with E-state index in [4.69, 9.17) is 4.74 Å². The van der Waals surface area contributed by atoms with E-state index in [-0.39, 0.29) is 17.6 Å². The Morgan fingerprint density at radius 1 is 1.07 bits per heavy atom. The second kappa shape index (κ2) is 7.56. The van der Waals surface area contributed by atoms with E-state index in [1.165, 1.54) is 5.56 Å². The lowest BCUT2D eigenvalue weighted by Crippen LogP contribution is -2.53. The van der Waals surface area contributed by atoms with E-state index in [1.807, 2.05) is 36.4 Å². The number of fused-ring (bicyclic) bond motifs is 2. The molecule has 28 heavy (non-hydrogen) atoms. The third-order valence-electron chi connectivity index (χ3n) is 5.07. The largest absolute Gasteiger partial charge is 0.573 e. The van der Waals surface area contributed by atoms with Crippen molar-refractivity contribution >= 4 is 5.57 Å². The molecule has 2 aliphatic rings. The SMILES string of the molecule is Fc1ccc(OC(F)(F)F)cc1C1=CC2COCC(C1)N2Cc1ccccc1. The van der Waals surface area contributed by atoms with Crippen molar-refractivity contribution in [1.82, 2.24) is 4.90 Å². The van der Waals surface area contributed by atoms with Crippen molar-refractivity contribution in [2.75, 3.05) is 13.2 Å². The lowest BCUT2D eigenvalue weighted by molar-refractivity contribution is -0.274. The Hall–Kier alpha value is -2.38. The van der Waals surface area contributed by atoms with Crippen LogP contribution in [0.1, 0.15) is 17.5 Å². The van der Waals surface area contributed by atoms with Crippen LogP contribution in [0.2, 0.25) is 0 Å². The minimum absolute atomic E-state index is 0.0329. The van der Waals surface area contributed by atoms with Crippen molar-refractivity contribution in [3.05, 3.63) is 71.6 Å². The monoisotopic (exact) mass is 393 g/mol. The number of hydrogen-bond acceptors (Lipinski definition) is 3. The number of ether oxygens (including phenoxy) is 2. The molecule has 1 fully saturated rings. The summed E-state index contributed by atoms with van der Waals surface area (Å²) >= 11 is 0.